The number of aromatic nitrogens is 2. The molecule has 0 saturated carbocycles. The molecule has 1 unspecified atom stereocenters. The second-order valence-electron chi connectivity index (χ2n) is 4.49. The Hall–Kier alpha value is -1.68. The van der Waals surface area contributed by atoms with Gasteiger partial charge in [-0.15, -0.1) is 0 Å². The third-order valence-electron chi connectivity index (χ3n) is 3.23. The minimum absolute atomic E-state index is 0.191. The topological polar surface area (TPSA) is 43.8 Å². The highest BCUT2D eigenvalue weighted by Crippen LogP contribution is 2.24. The van der Waals surface area contributed by atoms with Gasteiger partial charge in [0, 0.05) is 30.0 Å². The van der Waals surface area contributed by atoms with Gasteiger partial charge in [-0.05, 0) is 37.1 Å². The summed E-state index contributed by atoms with van der Waals surface area (Å²) in [6, 6.07) is 6.62. The number of benzene rings is 1. The number of nitrogens with zero attached hydrogens (tertiary/aromatic N) is 2. The van der Waals surface area contributed by atoms with Crippen LogP contribution in [0.25, 0.3) is 11.4 Å². The molecule has 0 bridgehead atoms. The van der Waals surface area contributed by atoms with Crippen LogP contribution < -0.4 is 5.73 Å². The molecule has 17 heavy (non-hydrogen) atoms. The molecule has 0 spiro atoms. The minimum Gasteiger partial charge on any atom is -0.327 e. The number of imidazole rings is 1. The van der Waals surface area contributed by atoms with Gasteiger partial charge in [0.25, 0.3) is 0 Å². The van der Waals surface area contributed by atoms with E-state index in [9.17, 15) is 4.39 Å². The Bertz CT molecular complexity index is 530. The molecule has 2 N–H and O–H groups in total. The highest BCUT2D eigenvalue weighted by molar-refractivity contribution is 5.56. The van der Waals surface area contributed by atoms with Crippen LogP contribution in [-0.4, -0.2) is 15.6 Å². The maximum Gasteiger partial charge on any atom is 0.140 e. The summed E-state index contributed by atoms with van der Waals surface area (Å²) in [4.78, 5) is 4.42. The standard InChI is InChI=1S/C13H14FN3/c14-10-3-1-9(2-4-10)13-16-7-12-6-5-11(15)8-17(12)13/h1-4,7,11H,5-6,8,15H2. The zero-order chi connectivity index (χ0) is 11.8. The Labute approximate surface area is 99.1 Å². The number of halogens is 1. The van der Waals surface area contributed by atoms with Gasteiger partial charge in [0.2, 0.25) is 0 Å². The van der Waals surface area contributed by atoms with E-state index < -0.39 is 0 Å². The van der Waals surface area contributed by atoms with Gasteiger partial charge in [0.05, 0.1) is 0 Å². The SMILES string of the molecule is NC1CCc2cnc(-c3ccc(F)cc3)n2C1. The average molecular weight is 231 g/mol. The molecule has 1 aromatic heterocycles. The Morgan fingerprint density at radius 1 is 1.29 bits per heavy atom. The van der Waals surface area contributed by atoms with Crippen LogP contribution in [-0.2, 0) is 13.0 Å². The van der Waals surface area contributed by atoms with Crippen molar-refractivity contribution in [1.29, 1.82) is 0 Å². The summed E-state index contributed by atoms with van der Waals surface area (Å²) in [6.07, 6.45) is 3.87. The Balaban J connectivity index is 2.04. The molecule has 0 amide bonds. The van der Waals surface area contributed by atoms with Gasteiger partial charge in [-0.2, -0.15) is 0 Å². The van der Waals surface area contributed by atoms with Gasteiger partial charge >= 0.3 is 0 Å². The third-order valence-corrected chi connectivity index (χ3v) is 3.23. The molecule has 1 aliphatic heterocycles. The highest BCUT2D eigenvalue weighted by Gasteiger charge is 2.19. The molecule has 0 saturated heterocycles. The van der Waals surface area contributed by atoms with E-state index in [2.05, 4.69) is 9.55 Å². The summed E-state index contributed by atoms with van der Waals surface area (Å²) in [6.45, 7) is 0.794. The third kappa shape index (κ3) is 1.85. The van der Waals surface area contributed by atoms with Crippen molar-refractivity contribution in [2.45, 2.75) is 25.4 Å². The first kappa shape index (κ1) is 10.5. The molecule has 0 radical (unpaired) electrons. The molecule has 4 heteroatoms. The minimum atomic E-state index is -0.226. The maximum atomic E-state index is 12.9. The van der Waals surface area contributed by atoms with Crippen LogP contribution in [0.3, 0.4) is 0 Å². The van der Waals surface area contributed by atoms with Crippen molar-refractivity contribution in [2.24, 2.45) is 5.73 Å². The molecule has 1 aromatic carbocycles. The van der Waals surface area contributed by atoms with E-state index in [1.807, 2.05) is 6.20 Å². The van der Waals surface area contributed by atoms with E-state index in [-0.39, 0.29) is 11.9 Å². The second kappa shape index (κ2) is 3.96. The molecule has 2 heterocycles. The largest absolute Gasteiger partial charge is 0.327 e. The average Bonchev–Trinajstić information content (AvgIpc) is 2.73. The fourth-order valence-electron chi connectivity index (χ4n) is 2.30. The number of nitrogens with two attached hydrogens (primary N) is 1. The first-order valence-electron chi connectivity index (χ1n) is 5.80. The summed E-state index contributed by atoms with van der Waals surface area (Å²) >= 11 is 0. The first-order chi connectivity index (χ1) is 8.24. The monoisotopic (exact) mass is 231 g/mol. The van der Waals surface area contributed by atoms with Crippen molar-refractivity contribution in [3.63, 3.8) is 0 Å². The predicted molar refractivity (Wildman–Crippen MR) is 63.9 cm³/mol. The normalized spacial score (nSPS) is 19.1. The molecular formula is C13H14FN3. The van der Waals surface area contributed by atoms with Crippen molar-refractivity contribution in [2.75, 3.05) is 0 Å². The van der Waals surface area contributed by atoms with Gasteiger partial charge in [0.15, 0.2) is 0 Å². The summed E-state index contributed by atoms with van der Waals surface area (Å²) in [5, 5.41) is 0. The Kier molecular flexibility index (Phi) is 2.44. The van der Waals surface area contributed by atoms with Crippen LogP contribution in [0.1, 0.15) is 12.1 Å². The van der Waals surface area contributed by atoms with Crippen LogP contribution in [0, 0.1) is 5.82 Å². The zero-order valence-electron chi connectivity index (χ0n) is 9.44. The van der Waals surface area contributed by atoms with Crippen molar-refractivity contribution < 1.29 is 4.39 Å². The summed E-state index contributed by atoms with van der Waals surface area (Å²) < 4.78 is 15.0. The summed E-state index contributed by atoms with van der Waals surface area (Å²) in [7, 11) is 0. The number of fused-ring (bicyclic) bond motifs is 1. The number of aryl methyl sites for hydroxylation is 1. The van der Waals surface area contributed by atoms with Gasteiger partial charge in [-0.25, -0.2) is 9.37 Å². The van der Waals surface area contributed by atoms with Gasteiger partial charge in [0.1, 0.15) is 11.6 Å². The lowest BCUT2D eigenvalue weighted by Crippen LogP contribution is -2.31. The van der Waals surface area contributed by atoms with Crippen LogP contribution in [0.2, 0.25) is 0 Å². The van der Waals surface area contributed by atoms with Gasteiger partial charge < -0.3 is 10.3 Å². The number of rotatable bonds is 1. The molecule has 1 atom stereocenters. The maximum absolute atomic E-state index is 12.9. The molecule has 1 aliphatic rings. The molecular weight excluding hydrogens is 217 g/mol. The van der Waals surface area contributed by atoms with Crippen molar-refractivity contribution in [3.05, 3.63) is 42.0 Å². The van der Waals surface area contributed by atoms with Crippen molar-refractivity contribution >= 4 is 0 Å². The number of hydrogen-bond donors (Lipinski definition) is 1. The zero-order valence-corrected chi connectivity index (χ0v) is 9.44. The molecule has 0 aliphatic carbocycles. The van der Waals surface area contributed by atoms with E-state index in [4.69, 9.17) is 5.73 Å². The second-order valence-corrected chi connectivity index (χ2v) is 4.49. The quantitative estimate of drug-likeness (QED) is 0.815. The fraction of sp³-hybridized carbons (Fsp3) is 0.308. The lowest BCUT2D eigenvalue weighted by molar-refractivity contribution is 0.463. The van der Waals surface area contributed by atoms with Gasteiger partial charge in [-0.3, -0.25) is 0 Å². The van der Waals surface area contributed by atoms with E-state index in [1.165, 1.54) is 17.8 Å². The fourth-order valence-corrected chi connectivity index (χ4v) is 2.30. The van der Waals surface area contributed by atoms with Crippen LogP contribution in [0.15, 0.2) is 30.5 Å². The summed E-state index contributed by atoms with van der Waals surface area (Å²) in [5.41, 5.74) is 8.12. The number of hydrogen-bond acceptors (Lipinski definition) is 2. The van der Waals surface area contributed by atoms with E-state index >= 15 is 0 Å². The molecule has 3 rings (SSSR count). The van der Waals surface area contributed by atoms with Crippen molar-refractivity contribution in [1.82, 2.24) is 9.55 Å². The van der Waals surface area contributed by atoms with E-state index in [1.54, 1.807) is 12.1 Å². The van der Waals surface area contributed by atoms with Crippen LogP contribution in [0.4, 0.5) is 4.39 Å². The lowest BCUT2D eigenvalue weighted by atomic mass is 10.1. The first-order valence-corrected chi connectivity index (χ1v) is 5.80. The van der Waals surface area contributed by atoms with E-state index in [0.29, 0.717) is 0 Å². The van der Waals surface area contributed by atoms with Crippen LogP contribution in [0.5, 0.6) is 0 Å². The predicted octanol–water partition coefficient (Wildman–Crippen LogP) is 1.96. The lowest BCUT2D eigenvalue weighted by Gasteiger charge is -2.22. The Morgan fingerprint density at radius 3 is 2.82 bits per heavy atom. The van der Waals surface area contributed by atoms with Crippen LogP contribution >= 0.6 is 0 Å². The highest BCUT2D eigenvalue weighted by atomic mass is 19.1. The molecule has 88 valence electrons. The molecule has 2 aromatic rings. The van der Waals surface area contributed by atoms with E-state index in [0.717, 1.165) is 30.8 Å². The Morgan fingerprint density at radius 2 is 2.06 bits per heavy atom. The smallest absolute Gasteiger partial charge is 0.140 e. The van der Waals surface area contributed by atoms with Crippen molar-refractivity contribution in [3.8, 4) is 11.4 Å². The molecule has 0 fully saturated rings. The summed E-state index contributed by atoms with van der Waals surface area (Å²) in [5.74, 6) is 0.658. The molecule has 3 nitrogen and oxygen atoms in total. The van der Waals surface area contributed by atoms with Gasteiger partial charge in [-0.1, -0.05) is 0 Å².